The molecule has 1 saturated heterocycles. The van der Waals surface area contributed by atoms with Gasteiger partial charge in [0.1, 0.15) is 5.52 Å². The molecule has 0 aliphatic carbocycles. The lowest BCUT2D eigenvalue weighted by atomic mass is 10.0. The summed E-state index contributed by atoms with van der Waals surface area (Å²) < 4.78 is 7.63. The van der Waals surface area contributed by atoms with Crippen molar-refractivity contribution in [1.29, 1.82) is 0 Å². The Kier molecular flexibility index (Phi) is 3.39. The number of aromatic nitrogens is 3. The molecule has 3 rings (SSSR count). The molecular weight excluding hydrogens is 278 g/mol. The molecule has 0 radical (unpaired) electrons. The summed E-state index contributed by atoms with van der Waals surface area (Å²) in [6.07, 6.45) is 4.32. The van der Waals surface area contributed by atoms with Crippen LogP contribution in [0, 0.1) is 0 Å². The summed E-state index contributed by atoms with van der Waals surface area (Å²) in [5.41, 5.74) is 1.58. The van der Waals surface area contributed by atoms with Gasteiger partial charge in [0.05, 0.1) is 29.6 Å². The van der Waals surface area contributed by atoms with E-state index in [-0.39, 0.29) is 11.3 Å². The van der Waals surface area contributed by atoms with Crippen LogP contribution >= 0.6 is 11.8 Å². The maximum atomic E-state index is 10.8. The number of hydrogen-bond donors (Lipinski definition) is 1. The minimum absolute atomic E-state index is 0.00626. The molecule has 3 heterocycles. The number of fused-ring (bicyclic) bond motifs is 1. The number of rotatable bonds is 4. The Morgan fingerprint density at radius 2 is 2.50 bits per heavy atom. The van der Waals surface area contributed by atoms with E-state index in [0.717, 1.165) is 17.5 Å². The molecule has 7 heteroatoms. The summed E-state index contributed by atoms with van der Waals surface area (Å²) in [5, 5.41) is 9.59. The van der Waals surface area contributed by atoms with Crippen molar-refractivity contribution in [3.63, 3.8) is 0 Å². The molecule has 1 N–H and O–H groups in total. The van der Waals surface area contributed by atoms with Crippen molar-refractivity contribution in [2.24, 2.45) is 0 Å². The van der Waals surface area contributed by atoms with Gasteiger partial charge in [-0.25, -0.2) is 4.98 Å². The number of nitrogens with zero attached hydrogens (tertiary/aromatic N) is 3. The molecule has 0 spiro atoms. The fourth-order valence-electron chi connectivity index (χ4n) is 2.49. The third-order valence-electron chi connectivity index (χ3n) is 3.49. The third kappa shape index (κ3) is 2.27. The zero-order valence-corrected chi connectivity index (χ0v) is 11.9. The van der Waals surface area contributed by atoms with Crippen molar-refractivity contribution < 1.29 is 14.6 Å². The molecule has 1 aliphatic heterocycles. The van der Waals surface area contributed by atoms with Crippen LogP contribution in [-0.4, -0.2) is 44.6 Å². The average Bonchev–Trinajstić information content (AvgIpc) is 3.00. The Labute approximate surface area is 120 Å². The fourth-order valence-corrected chi connectivity index (χ4v) is 3.35. The highest BCUT2D eigenvalue weighted by molar-refractivity contribution is 7.99. The van der Waals surface area contributed by atoms with E-state index >= 15 is 0 Å². The number of ether oxygens (including phenoxy) is 1. The summed E-state index contributed by atoms with van der Waals surface area (Å²) in [7, 11) is 0. The van der Waals surface area contributed by atoms with Gasteiger partial charge in [-0.05, 0) is 19.4 Å². The predicted octanol–water partition coefficient (Wildman–Crippen LogP) is 1.74. The molecule has 2 aromatic rings. The minimum atomic E-state index is -0.848. The topological polar surface area (TPSA) is 77.2 Å². The molecule has 0 saturated carbocycles. The molecule has 0 amide bonds. The Bertz CT molecular complexity index is 649. The van der Waals surface area contributed by atoms with Gasteiger partial charge in [0.25, 0.3) is 0 Å². The molecule has 2 aromatic heterocycles. The molecule has 1 fully saturated rings. The van der Waals surface area contributed by atoms with E-state index < -0.39 is 5.97 Å². The molecular formula is C13H15N3O3S. The summed E-state index contributed by atoms with van der Waals surface area (Å²) in [6, 6.07) is 1.91. The van der Waals surface area contributed by atoms with Crippen LogP contribution in [0.3, 0.4) is 0 Å². The van der Waals surface area contributed by atoms with Crippen molar-refractivity contribution in [2.45, 2.75) is 24.0 Å². The normalized spacial score (nSPS) is 22.4. The van der Waals surface area contributed by atoms with E-state index in [4.69, 9.17) is 9.84 Å². The Morgan fingerprint density at radius 1 is 1.65 bits per heavy atom. The zero-order chi connectivity index (χ0) is 14.2. The Morgan fingerprint density at radius 3 is 3.20 bits per heavy atom. The van der Waals surface area contributed by atoms with E-state index in [0.29, 0.717) is 18.4 Å². The number of pyridine rings is 1. The Balaban J connectivity index is 2.10. The first kappa shape index (κ1) is 13.4. The van der Waals surface area contributed by atoms with Gasteiger partial charge in [0.15, 0.2) is 5.16 Å². The minimum Gasteiger partial charge on any atom is -0.481 e. The van der Waals surface area contributed by atoms with Crippen molar-refractivity contribution in [1.82, 2.24) is 14.5 Å². The molecule has 106 valence electrons. The number of carbonyl (C=O) groups is 1. The second kappa shape index (κ2) is 5.06. The van der Waals surface area contributed by atoms with Crippen LogP contribution in [0.5, 0.6) is 0 Å². The van der Waals surface area contributed by atoms with Gasteiger partial charge < -0.3 is 14.4 Å². The van der Waals surface area contributed by atoms with Crippen LogP contribution in [0.2, 0.25) is 0 Å². The summed E-state index contributed by atoms with van der Waals surface area (Å²) >= 11 is 1.24. The van der Waals surface area contributed by atoms with Gasteiger partial charge >= 0.3 is 5.97 Å². The van der Waals surface area contributed by atoms with Gasteiger partial charge in [0.2, 0.25) is 0 Å². The molecule has 0 aromatic carbocycles. The number of imidazole rings is 1. The first-order valence-corrected chi connectivity index (χ1v) is 7.34. The molecule has 6 nitrogen and oxygen atoms in total. The van der Waals surface area contributed by atoms with Crippen LogP contribution in [0.25, 0.3) is 11.0 Å². The van der Waals surface area contributed by atoms with Gasteiger partial charge in [-0.1, -0.05) is 11.8 Å². The van der Waals surface area contributed by atoms with E-state index in [9.17, 15) is 4.79 Å². The number of aliphatic carboxylic acids is 1. The lowest BCUT2D eigenvalue weighted by Crippen LogP contribution is -2.31. The van der Waals surface area contributed by atoms with Crippen LogP contribution in [0.15, 0.2) is 23.6 Å². The largest absolute Gasteiger partial charge is 0.481 e. The molecule has 20 heavy (non-hydrogen) atoms. The first-order valence-electron chi connectivity index (χ1n) is 6.35. The van der Waals surface area contributed by atoms with Crippen molar-refractivity contribution >= 4 is 28.8 Å². The SMILES string of the molecule is CC1(n2c(SCC(=O)O)nc3cnccc32)CCOC1. The first-order chi connectivity index (χ1) is 9.60. The van der Waals surface area contributed by atoms with E-state index in [1.165, 1.54) is 11.8 Å². The van der Waals surface area contributed by atoms with Crippen LogP contribution < -0.4 is 0 Å². The van der Waals surface area contributed by atoms with Crippen molar-refractivity contribution in [3.05, 3.63) is 18.5 Å². The van der Waals surface area contributed by atoms with Crippen molar-refractivity contribution in [3.8, 4) is 0 Å². The summed E-state index contributed by atoms with van der Waals surface area (Å²) in [5.74, 6) is -0.854. The van der Waals surface area contributed by atoms with Gasteiger partial charge in [-0.2, -0.15) is 0 Å². The maximum absolute atomic E-state index is 10.8. The van der Waals surface area contributed by atoms with Crippen molar-refractivity contribution in [2.75, 3.05) is 19.0 Å². The molecule has 1 unspecified atom stereocenters. The standard InChI is InChI=1S/C13H15N3O3S/c1-13(3-5-19-8-13)16-10-2-4-14-6-9(10)15-12(16)20-7-11(17)18/h2,4,6H,3,5,7-8H2,1H3,(H,17,18). The van der Waals surface area contributed by atoms with Crippen LogP contribution in [0.1, 0.15) is 13.3 Å². The number of carboxylic acid groups (broad SMARTS) is 1. The summed E-state index contributed by atoms with van der Waals surface area (Å²) in [6.45, 7) is 3.44. The zero-order valence-electron chi connectivity index (χ0n) is 11.1. The van der Waals surface area contributed by atoms with E-state index in [1.807, 2.05) is 6.07 Å². The molecule has 1 atom stereocenters. The highest BCUT2D eigenvalue weighted by Gasteiger charge is 2.35. The lowest BCUT2D eigenvalue weighted by molar-refractivity contribution is -0.133. The fraction of sp³-hybridized carbons (Fsp3) is 0.462. The predicted molar refractivity (Wildman–Crippen MR) is 75.0 cm³/mol. The second-order valence-corrected chi connectivity index (χ2v) is 6.02. The number of hydrogen-bond acceptors (Lipinski definition) is 5. The third-order valence-corrected chi connectivity index (χ3v) is 4.41. The van der Waals surface area contributed by atoms with Gasteiger partial charge in [-0.3, -0.25) is 9.78 Å². The smallest absolute Gasteiger partial charge is 0.313 e. The maximum Gasteiger partial charge on any atom is 0.313 e. The highest BCUT2D eigenvalue weighted by Crippen LogP contribution is 2.35. The monoisotopic (exact) mass is 293 g/mol. The van der Waals surface area contributed by atoms with E-state index in [2.05, 4.69) is 21.5 Å². The van der Waals surface area contributed by atoms with Gasteiger partial charge in [0, 0.05) is 12.8 Å². The number of carboxylic acids is 1. The second-order valence-electron chi connectivity index (χ2n) is 5.08. The highest BCUT2D eigenvalue weighted by atomic mass is 32.2. The molecule has 0 bridgehead atoms. The van der Waals surface area contributed by atoms with Gasteiger partial charge in [-0.15, -0.1) is 0 Å². The van der Waals surface area contributed by atoms with Crippen LogP contribution in [-0.2, 0) is 15.1 Å². The summed E-state index contributed by atoms with van der Waals surface area (Å²) in [4.78, 5) is 19.4. The average molecular weight is 293 g/mol. The quantitative estimate of drug-likeness (QED) is 0.865. The molecule has 1 aliphatic rings. The van der Waals surface area contributed by atoms with E-state index in [1.54, 1.807) is 12.4 Å². The lowest BCUT2D eigenvalue weighted by Gasteiger charge is -2.26. The van der Waals surface area contributed by atoms with Crippen LogP contribution in [0.4, 0.5) is 0 Å². The number of thioether (sulfide) groups is 1. The Hall–Kier alpha value is -1.60.